The average Bonchev–Trinajstić information content (AvgIpc) is 1.61. The third kappa shape index (κ3) is 19.6. The fraction of sp³-hybridized carbons (Fsp3) is 0.494. The third-order valence-electron chi connectivity index (χ3n) is 18.3. The fourth-order valence-electron chi connectivity index (χ4n) is 13.6. The summed E-state index contributed by atoms with van der Waals surface area (Å²) in [5, 5.41) is 10.2. The van der Waals surface area contributed by atoms with Gasteiger partial charge in [-0.1, -0.05) is 104 Å². The third-order valence-corrected chi connectivity index (χ3v) is 18.3. The lowest BCUT2D eigenvalue weighted by Gasteiger charge is -2.27. The molecule has 9 heterocycles. The van der Waals surface area contributed by atoms with Gasteiger partial charge in [0.25, 0.3) is 0 Å². The number of aliphatic hydroxyl groups is 1. The molecule has 0 unspecified atom stereocenters. The Morgan fingerprint density at radius 3 is 1.05 bits per heavy atom. The monoisotopic (exact) mass is 1440 g/mol. The Morgan fingerprint density at radius 2 is 0.733 bits per heavy atom. The predicted molar refractivity (Wildman–Crippen MR) is 402 cm³/mol. The van der Waals surface area contributed by atoms with Crippen LogP contribution >= 0.6 is 0 Å². The molecule has 0 aliphatic carbocycles. The average molecular weight is 1440 g/mol. The maximum atomic E-state index is 13.1. The van der Waals surface area contributed by atoms with Crippen LogP contribution in [-0.2, 0) is 35.0 Å². The van der Waals surface area contributed by atoms with Crippen molar-refractivity contribution in [2.45, 2.75) is 215 Å². The molecule has 4 amide bonds. The van der Waals surface area contributed by atoms with Gasteiger partial charge in [0, 0.05) is 50.5 Å². The van der Waals surface area contributed by atoms with Crippen molar-refractivity contribution in [1.29, 1.82) is 0 Å². The van der Waals surface area contributed by atoms with Crippen LogP contribution in [0.15, 0.2) is 109 Å². The molecule has 5 fully saturated rings. The zero-order chi connectivity index (χ0) is 74.3. The standard InChI is InChI=1S/C39H48N6O6.C37H46N6O5.C4H8O.CH4/c1-8-49-35(46)32-31(42-34(43-32)30-12-10-22-45(30)37(48)51-39(5,6)7)27-19-15-25(16-20-27)24-13-17-26(18-14-24)28-23-40-33(41-28)29-11-9-21-44(29)36(47)50-38(2,3)4;1-36(2,3)47-34(45)42-19-7-9-29(42)32-38-21-27(39-32)25-15-11-23(12-16-25)24-13-17-26(18-14-24)31-28(22-44)40-33(41-31)30-10-8-20-43(30)35(46)48-37(4,5)6;1-2-4-5-3-1;/h13-20,23,29-30H,8-12,21-22H2,1-7H3,(H,40,41)(H,42,43);11-18,21,29-30,44H,7-10,19-20,22H2,1-6H3,(H,38,39)(H,40,41);1-4H2;1H4/t2*29-,30-;;/m00../s1. The number of likely N-dealkylation sites (tertiary alicyclic amines) is 4. The fourth-order valence-corrected chi connectivity index (χ4v) is 13.6. The molecular weight excluding hydrogens is 1330 g/mol. The van der Waals surface area contributed by atoms with E-state index in [0.717, 1.165) is 126 Å². The highest BCUT2D eigenvalue weighted by molar-refractivity contribution is 5.94. The molecule has 0 radical (unpaired) electrons. The van der Waals surface area contributed by atoms with E-state index in [-0.39, 0.29) is 68.8 Å². The Hall–Kier alpha value is -9.81. The van der Waals surface area contributed by atoms with Gasteiger partial charge in [-0.3, -0.25) is 19.6 Å². The highest BCUT2D eigenvalue weighted by Crippen LogP contribution is 2.40. The smallest absolute Gasteiger partial charge is 0.410 e. The highest BCUT2D eigenvalue weighted by atomic mass is 16.6. The van der Waals surface area contributed by atoms with E-state index in [2.05, 4.69) is 66.3 Å². The van der Waals surface area contributed by atoms with E-state index < -0.39 is 34.5 Å². The number of benzene rings is 4. The van der Waals surface area contributed by atoms with E-state index in [1.54, 1.807) is 26.5 Å². The molecule has 0 bridgehead atoms. The first kappa shape index (κ1) is 77.8. The Kier molecular flexibility index (Phi) is 24.5. The zero-order valence-corrected chi connectivity index (χ0v) is 62.4. The number of carbonyl (C=O) groups excluding carboxylic acids is 5. The quantitative estimate of drug-likeness (QED) is 0.0529. The molecule has 562 valence electrons. The SMILES string of the molecule is C.C1CCOC1.CC(C)(C)OC(=O)N1CCC[C@H]1c1ncc(-c2ccc(-c3ccc(-c4nc([C@@H]5CCCN5C(=O)OC(C)(C)C)[nH]c4CO)cc3)cc2)[nH]1.CCOC(=O)c1[nH]c([C@@H]2CCCN2C(=O)OC(C)(C)C)nc1-c1ccc(-c2ccc(-c3cnc([C@@H]4CCCN4C(=O)OC(C)(C)C)[nH]3)cc2)cc1. The van der Waals surface area contributed by atoms with Gasteiger partial charge < -0.3 is 53.5 Å². The van der Waals surface area contributed by atoms with Gasteiger partial charge in [-0.2, -0.15) is 0 Å². The summed E-state index contributed by atoms with van der Waals surface area (Å²) in [6.45, 7) is 28.6. The summed E-state index contributed by atoms with van der Waals surface area (Å²) in [7, 11) is 0. The minimum absolute atomic E-state index is 0. The summed E-state index contributed by atoms with van der Waals surface area (Å²) in [4.78, 5) is 104. The zero-order valence-electron chi connectivity index (χ0n) is 62.4. The van der Waals surface area contributed by atoms with Crippen molar-refractivity contribution in [2.75, 3.05) is 46.0 Å². The van der Waals surface area contributed by atoms with Gasteiger partial charge in [0.2, 0.25) is 0 Å². The first-order valence-corrected chi connectivity index (χ1v) is 36.6. The number of hydrogen-bond acceptors (Lipinski definition) is 16. The summed E-state index contributed by atoms with van der Waals surface area (Å²) in [6, 6.07) is 31.5. The summed E-state index contributed by atoms with van der Waals surface area (Å²) in [5.74, 6) is 2.21. The van der Waals surface area contributed by atoms with Crippen LogP contribution in [0.4, 0.5) is 19.2 Å². The molecule has 4 aromatic carbocycles. The first-order valence-electron chi connectivity index (χ1n) is 36.6. The Balaban J connectivity index is 0.000000209. The molecule has 13 rings (SSSR count). The van der Waals surface area contributed by atoms with Crippen molar-refractivity contribution in [3.8, 4) is 67.3 Å². The molecule has 24 heteroatoms. The van der Waals surface area contributed by atoms with Gasteiger partial charge in [0.1, 0.15) is 51.4 Å². The molecule has 105 heavy (non-hydrogen) atoms. The van der Waals surface area contributed by atoms with Gasteiger partial charge in [-0.25, -0.2) is 43.9 Å². The molecular formula is C81H106N12O12. The maximum absolute atomic E-state index is 13.1. The van der Waals surface area contributed by atoms with Crippen molar-refractivity contribution >= 4 is 30.3 Å². The van der Waals surface area contributed by atoms with Crippen molar-refractivity contribution in [2.24, 2.45) is 0 Å². The molecule has 5 saturated heterocycles. The van der Waals surface area contributed by atoms with Crippen LogP contribution < -0.4 is 0 Å². The number of rotatable bonds is 13. The molecule has 5 N–H and O–H groups in total. The van der Waals surface area contributed by atoms with Crippen LogP contribution in [0.3, 0.4) is 0 Å². The minimum atomic E-state index is -0.624. The second-order valence-electron chi connectivity index (χ2n) is 31.0. The van der Waals surface area contributed by atoms with E-state index >= 15 is 0 Å². The Bertz CT molecular complexity index is 4230. The second-order valence-corrected chi connectivity index (χ2v) is 31.0. The number of esters is 1. The number of amides is 4. The van der Waals surface area contributed by atoms with Gasteiger partial charge >= 0.3 is 30.3 Å². The summed E-state index contributed by atoms with van der Waals surface area (Å²) in [6.07, 6.45) is 11.4. The maximum Gasteiger partial charge on any atom is 0.410 e. The van der Waals surface area contributed by atoms with Crippen LogP contribution in [0.2, 0.25) is 0 Å². The summed E-state index contributed by atoms with van der Waals surface area (Å²) in [5.41, 5.74) is 9.19. The number of aliphatic hydroxyl groups excluding tert-OH is 1. The number of nitrogens with zero attached hydrogens (tertiary/aromatic N) is 8. The molecule has 4 atom stereocenters. The van der Waals surface area contributed by atoms with Crippen LogP contribution in [0, 0.1) is 0 Å². The lowest BCUT2D eigenvalue weighted by atomic mass is 10.0. The molecule has 0 saturated carbocycles. The van der Waals surface area contributed by atoms with E-state index in [4.69, 9.17) is 38.4 Å². The van der Waals surface area contributed by atoms with Gasteiger partial charge in [0.05, 0.1) is 72.6 Å². The minimum Gasteiger partial charge on any atom is -0.461 e. The van der Waals surface area contributed by atoms with Crippen molar-refractivity contribution in [1.82, 2.24) is 59.5 Å². The number of hydrogen-bond donors (Lipinski definition) is 5. The van der Waals surface area contributed by atoms with Crippen molar-refractivity contribution in [3.63, 3.8) is 0 Å². The molecule has 5 aliphatic heterocycles. The number of ether oxygens (including phenoxy) is 6. The number of aromatic nitrogens is 8. The lowest BCUT2D eigenvalue weighted by molar-refractivity contribution is 0.0208. The predicted octanol–water partition coefficient (Wildman–Crippen LogP) is 17.7. The van der Waals surface area contributed by atoms with E-state index in [1.165, 1.54) is 12.8 Å². The van der Waals surface area contributed by atoms with Crippen LogP contribution in [0.1, 0.15) is 225 Å². The molecule has 0 spiro atoms. The Morgan fingerprint density at radius 1 is 0.429 bits per heavy atom. The largest absolute Gasteiger partial charge is 0.461 e. The topological polar surface area (TPSA) is 289 Å². The number of carbonyl (C=O) groups is 5. The Labute approximate surface area is 616 Å². The van der Waals surface area contributed by atoms with Crippen LogP contribution in [-0.4, -0.2) is 163 Å². The lowest BCUT2D eigenvalue weighted by Crippen LogP contribution is -2.36. The van der Waals surface area contributed by atoms with Crippen molar-refractivity contribution in [3.05, 3.63) is 144 Å². The number of nitrogens with one attached hydrogen (secondary N) is 4. The van der Waals surface area contributed by atoms with Gasteiger partial charge in [-0.15, -0.1) is 0 Å². The number of imidazole rings is 4. The summed E-state index contributed by atoms with van der Waals surface area (Å²) >= 11 is 0. The number of aromatic amines is 4. The van der Waals surface area contributed by atoms with Gasteiger partial charge in [0.15, 0.2) is 5.69 Å². The van der Waals surface area contributed by atoms with Crippen LogP contribution in [0.25, 0.3) is 67.3 Å². The van der Waals surface area contributed by atoms with Crippen LogP contribution in [0.5, 0.6) is 0 Å². The van der Waals surface area contributed by atoms with E-state index in [9.17, 15) is 29.1 Å². The van der Waals surface area contributed by atoms with E-state index in [0.29, 0.717) is 61.3 Å². The molecule has 8 aromatic rings. The van der Waals surface area contributed by atoms with Gasteiger partial charge in [-0.05, 0) is 188 Å². The first-order chi connectivity index (χ1) is 49.5. The highest BCUT2D eigenvalue weighted by Gasteiger charge is 2.40. The normalized spacial score (nSPS) is 18.2. The molecule has 24 nitrogen and oxygen atoms in total. The molecule has 5 aliphatic rings. The molecule has 4 aromatic heterocycles. The van der Waals surface area contributed by atoms with E-state index in [1.807, 2.05) is 156 Å². The summed E-state index contributed by atoms with van der Waals surface area (Å²) < 4.78 is 32.8. The number of H-pyrrole nitrogens is 4. The van der Waals surface area contributed by atoms with Crippen molar-refractivity contribution < 1.29 is 57.5 Å². The second kappa shape index (κ2) is 33.1.